The minimum absolute atomic E-state index is 0.131. The number of hydrogen-bond acceptors (Lipinski definition) is 2. The average molecular weight is 384 g/mol. The number of benzene rings is 1. The molecular weight excluding hydrogens is 372 g/mol. The first kappa shape index (κ1) is 14.2. The van der Waals surface area contributed by atoms with Gasteiger partial charge in [-0.1, -0.05) is 28.1 Å². The lowest BCUT2D eigenvalue weighted by Crippen LogP contribution is -2.13. The number of halogens is 2. The van der Waals surface area contributed by atoms with Gasteiger partial charge < -0.3 is 5.32 Å². The van der Waals surface area contributed by atoms with E-state index in [4.69, 9.17) is 0 Å². The first-order valence-corrected chi connectivity index (χ1v) is 7.61. The molecule has 1 N–H and O–H groups in total. The van der Waals surface area contributed by atoms with E-state index >= 15 is 0 Å². The number of amides is 1. The summed E-state index contributed by atoms with van der Waals surface area (Å²) in [6.45, 7) is 1.86. The van der Waals surface area contributed by atoms with Crippen LogP contribution in [-0.2, 0) is 5.33 Å². The van der Waals surface area contributed by atoms with Gasteiger partial charge in [-0.2, -0.15) is 0 Å². The first-order chi connectivity index (χ1) is 9.10. The number of nitrogens with zero attached hydrogens (tertiary/aromatic N) is 1. The van der Waals surface area contributed by atoms with Crippen LogP contribution < -0.4 is 5.32 Å². The molecule has 0 aliphatic heterocycles. The van der Waals surface area contributed by atoms with Crippen LogP contribution in [0.5, 0.6) is 0 Å². The van der Waals surface area contributed by atoms with Crippen LogP contribution in [-0.4, -0.2) is 10.9 Å². The van der Waals surface area contributed by atoms with E-state index in [0.29, 0.717) is 5.56 Å². The summed E-state index contributed by atoms with van der Waals surface area (Å²) in [6, 6.07) is 11.1. The molecule has 0 unspecified atom stereocenters. The number of rotatable bonds is 3. The molecule has 0 spiro atoms. The molecular formula is C14H12Br2N2O. The van der Waals surface area contributed by atoms with Crippen LogP contribution in [0.2, 0.25) is 0 Å². The van der Waals surface area contributed by atoms with Crippen LogP contribution in [0.1, 0.15) is 21.6 Å². The van der Waals surface area contributed by atoms with E-state index in [-0.39, 0.29) is 5.91 Å². The van der Waals surface area contributed by atoms with E-state index in [9.17, 15) is 4.79 Å². The van der Waals surface area contributed by atoms with E-state index in [0.717, 1.165) is 26.9 Å². The maximum absolute atomic E-state index is 12.1. The summed E-state index contributed by atoms with van der Waals surface area (Å²) in [4.78, 5) is 16.3. The van der Waals surface area contributed by atoms with E-state index < -0.39 is 0 Å². The van der Waals surface area contributed by atoms with Gasteiger partial charge in [0.25, 0.3) is 5.91 Å². The molecule has 5 heteroatoms. The smallest absolute Gasteiger partial charge is 0.255 e. The number of hydrogen-bond donors (Lipinski definition) is 1. The van der Waals surface area contributed by atoms with Gasteiger partial charge in [0.15, 0.2) is 0 Å². The van der Waals surface area contributed by atoms with E-state index in [1.54, 1.807) is 6.07 Å². The van der Waals surface area contributed by atoms with Crippen molar-refractivity contribution >= 4 is 43.5 Å². The highest BCUT2D eigenvalue weighted by atomic mass is 79.9. The Balaban J connectivity index is 2.15. The summed E-state index contributed by atoms with van der Waals surface area (Å²) in [7, 11) is 0. The van der Waals surface area contributed by atoms with Crippen molar-refractivity contribution in [1.29, 1.82) is 0 Å². The molecule has 0 aliphatic carbocycles. The zero-order valence-corrected chi connectivity index (χ0v) is 13.5. The number of nitrogens with one attached hydrogen (secondary N) is 1. The average Bonchev–Trinajstić information content (AvgIpc) is 2.42. The van der Waals surface area contributed by atoms with E-state index in [1.807, 2.05) is 37.3 Å². The molecule has 0 fully saturated rings. The molecule has 0 bridgehead atoms. The van der Waals surface area contributed by atoms with Gasteiger partial charge in [0, 0.05) is 10.9 Å². The molecule has 2 aromatic rings. The Labute approximate surface area is 128 Å². The lowest BCUT2D eigenvalue weighted by Gasteiger charge is -2.08. The first-order valence-electron chi connectivity index (χ1n) is 5.69. The van der Waals surface area contributed by atoms with Crippen molar-refractivity contribution in [3.8, 4) is 0 Å². The minimum Gasteiger partial charge on any atom is -0.320 e. The third-order valence-corrected chi connectivity index (χ3v) is 3.76. The molecule has 2 rings (SSSR count). The largest absolute Gasteiger partial charge is 0.320 e. The minimum atomic E-state index is -0.131. The lowest BCUT2D eigenvalue weighted by atomic mass is 10.1. The molecule has 19 heavy (non-hydrogen) atoms. The number of aryl methyl sites for hydroxylation is 1. The predicted octanol–water partition coefficient (Wildman–Crippen LogP) is 4.30. The van der Waals surface area contributed by atoms with Gasteiger partial charge >= 0.3 is 0 Å². The Morgan fingerprint density at radius 2 is 1.89 bits per heavy atom. The fourth-order valence-electron chi connectivity index (χ4n) is 1.60. The third kappa shape index (κ3) is 3.64. The SMILES string of the molecule is Cc1nc(Br)ccc1NC(=O)c1ccc(CBr)cc1. The van der Waals surface area contributed by atoms with Crippen LogP contribution in [0.25, 0.3) is 0 Å². The number of carbonyl (C=O) groups is 1. The maximum Gasteiger partial charge on any atom is 0.255 e. The summed E-state index contributed by atoms with van der Waals surface area (Å²) in [5.41, 5.74) is 3.27. The van der Waals surface area contributed by atoms with Crippen LogP contribution in [0.4, 0.5) is 5.69 Å². The van der Waals surface area contributed by atoms with Crippen molar-refractivity contribution in [3.05, 3.63) is 57.8 Å². The maximum atomic E-state index is 12.1. The van der Waals surface area contributed by atoms with Gasteiger partial charge in [0.2, 0.25) is 0 Å². The second kappa shape index (κ2) is 6.30. The van der Waals surface area contributed by atoms with Crippen molar-refractivity contribution < 1.29 is 4.79 Å². The van der Waals surface area contributed by atoms with Crippen molar-refractivity contribution in [3.63, 3.8) is 0 Å². The topological polar surface area (TPSA) is 42.0 Å². The van der Waals surface area contributed by atoms with Crippen molar-refractivity contribution in [2.24, 2.45) is 0 Å². The number of anilines is 1. The van der Waals surface area contributed by atoms with Gasteiger partial charge in [0.05, 0.1) is 11.4 Å². The Hall–Kier alpha value is -1.20. The normalized spacial score (nSPS) is 10.3. The lowest BCUT2D eigenvalue weighted by molar-refractivity contribution is 0.102. The molecule has 0 radical (unpaired) electrons. The Kier molecular flexibility index (Phi) is 4.71. The molecule has 98 valence electrons. The van der Waals surface area contributed by atoms with Gasteiger partial charge in [-0.05, 0) is 52.7 Å². The fraction of sp³-hybridized carbons (Fsp3) is 0.143. The summed E-state index contributed by atoms with van der Waals surface area (Å²) in [5, 5.41) is 3.64. The quantitative estimate of drug-likeness (QED) is 0.634. The summed E-state index contributed by atoms with van der Waals surface area (Å²) < 4.78 is 0.754. The summed E-state index contributed by atoms with van der Waals surface area (Å²) in [5.74, 6) is -0.131. The molecule has 1 heterocycles. The van der Waals surface area contributed by atoms with Crippen molar-refractivity contribution in [1.82, 2.24) is 4.98 Å². The molecule has 0 aliphatic rings. The van der Waals surface area contributed by atoms with Gasteiger partial charge in [-0.3, -0.25) is 4.79 Å². The van der Waals surface area contributed by atoms with Gasteiger partial charge in [-0.15, -0.1) is 0 Å². The zero-order chi connectivity index (χ0) is 13.8. The Morgan fingerprint density at radius 1 is 1.21 bits per heavy atom. The molecule has 1 aromatic heterocycles. The number of alkyl halides is 1. The molecule has 3 nitrogen and oxygen atoms in total. The summed E-state index contributed by atoms with van der Waals surface area (Å²) in [6.07, 6.45) is 0. The highest BCUT2D eigenvalue weighted by Gasteiger charge is 2.08. The molecule has 1 aromatic carbocycles. The van der Waals surface area contributed by atoms with Crippen molar-refractivity contribution in [2.45, 2.75) is 12.3 Å². The fourth-order valence-corrected chi connectivity index (χ4v) is 2.37. The second-order valence-electron chi connectivity index (χ2n) is 4.05. The van der Waals surface area contributed by atoms with Gasteiger partial charge in [0.1, 0.15) is 4.60 Å². The van der Waals surface area contributed by atoms with E-state index in [1.165, 1.54) is 0 Å². The Bertz CT molecular complexity index is 597. The monoisotopic (exact) mass is 382 g/mol. The molecule has 0 saturated heterocycles. The highest BCUT2D eigenvalue weighted by Crippen LogP contribution is 2.17. The van der Waals surface area contributed by atoms with Crippen LogP contribution in [0, 0.1) is 6.92 Å². The van der Waals surface area contributed by atoms with E-state index in [2.05, 4.69) is 42.2 Å². The molecule has 0 atom stereocenters. The number of pyridine rings is 1. The second-order valence-corrected chi connectivity index (χ2v) is 5.42. The Morgan fingerprint density at radius 3 is 2.47 bits per heavy atom. The van der Waals surface area contributed by atoms with Gasteiger partial charge in [-0.25, -0.2) is 4.98 Å². The summed E-state index contributed by atoms with van der Waals surface area (Å²) >= 11 is 6.67. The number of aromatic nitrogens is 1. The third-order valence-electron chi connectivity index (χ3n) is 2.67. The standard InChI is InChI=1S/C14H12Br2N2O/c1-9-12(6-7-13(16)17-9)18-14(19)11-4-2-10(8-15)3-5-11/h2-7H,8H2,1H3,(H,18,19). The number of carbonyl (C=O) groups excluding carboxylic acids is 1. The van der Waals surface area contributed by atoms with Crippen LogP contribution in [0.3, 0.4) is 0 Å². The molecule has 0 saturated carbocycles. The zero-order valence-electron chi connectivity index (χ0n) is 10.3. The van der Waals surface area contributed by atoms with Crippen LogP contribution in [0.15, 0.2) is 41.0 Å². The predicted molar refractivity (Wildman–Crippen MR) is 83.7 cm³/mol. The highest BCUT2D eigenvalue weighted by molar-refractivity contribution is 9.10. The molecule has 1 amide bonds. The van der Waals surface area contributed by atoms with Crippen molar-refractivity contribution in [2.75, 3.05) is 5.32 Å². The van der Waals surface area contributed by atoms with Crippen LogP contribution >= 0.6 is 31.9 Å².